The van der Waals surface area contributed by atoms with E-state index in [9.17, 15) is 18.9 Å². The van der Waals surface area contributed by atoms with E-state index in [-0.39, 0.29) is 6.61 Å². The maximum Gasteiger partial charge on any atom is 0.484 e. The summed E-state index contributed by atoms with van der Waals surface area (Å²) in [5.41, 5.74) is 0. The van der Waals surface area contributed by atoms with Gasteiger partial charge in [-0.2, -0.15) is 4.31 Å². The van der Waals surface area contributed by atoms with E-state index in [1.165, 1.54) is 44.9 Å². The van der Waals surface area contributed by atoms with E-state index in [1.807, 2.05) is 20.8 Å². The Balaban J connectivity index is 4.96. The molecule has 0 amide bonds. The zero-order valence-electron chi connectivity index (χ0n) is 25.1. The quantitative estimate of drug-likeness (QED) is 0.0466. The molecule has 0 saturated carbocycles. The zero-order valence-corrected chi connectivity index (χ0v) is 26.9. The lowest BCUT2D eigenvalue weighted by molar-refractivity contribution is -0.390. The molecular formula is C27H58O10P2. The molecular weight excluding hydrogens is 546 g/mol. The van der Waals surface area contributed by atoms with Crippen molar-refractivity contribution < 1.29 is 46.5 Å². The molecule has 0 fully saturated rings. The summed E-state index contributed by atoms with van der Waals surface area (Å²) in [7, 11) is -9.80. The molecule has 2 N–H and O–H groups in total. The Bertz CT molecular complexity index is 618. The number of ether oxygens (including phenoxy) is 3. The SMILES string of the molecule is CCCCCCCCCCCCCOP(=O)(OCC(OCCCC)(OCCCC)OCCCC)OP(=O)(O)O. The Morgan fingerprint density at radius 3 is 1.28 bits per heavy atom. The highest BCUT2D eigenvalue weighted by atomic mass is 31.3. The van der Waals surface area contributed by atoms with Gasteiger partial charge in [-0.1, -0.05) is 111 Å². The van der Waals surface area contributed by atoms with Gasteiger partial charge in [0.15, 0.2) is 0 Å². The predicted octanol–water partition coefficient (Wildman–Crippen LogP) is 8.65. The van der Waals surface area contributed by atoms with Crippen LogP contribution in [0.25, 0.3) is 0 Å². The van der Waals surface area contributed by atoms with Crippen molar-refractivity contribution in [3.8, 4) is 0 Å². The zero-order chi connectivity index (χ0) is 29.3. The van der Waals surface area contributed by atoms with E-state index in [2.05, 4.69) is 11.2 Å². The molecule has 0 aromatic heterocycles. The van der Waals surface area contributed by atoms with Crippen LogP contribution in [-0.2, 0) is 36.7 Å². The van der Waals surface area contributed by atoms with E-state index >= 15 is 0 Å². The number of unbranched alkanes of at least 4 members (excludes halogenated alkanes) is 13. The van der Waals surface area contributed by atoms with E-state index < -0.39 is 28.2 Å². The van der Waals surface area contributed by atoms with Crippen molar-refractivity contribution in [2.45, 2.75) is 143 Å². The van der Waals surface area contributed by atoms with Crippen LogP contribution in [0, 0.1) is 0 Å². The van der Waals surface area contributed by atoms with Gasteiger partial charge in [-0.25, -0.2) is 9.13 Å². The molecule has 1 atom stereocenters. The molecule has 1 unspecified atom stereocenters. The molecule has 0 saturated heterocycles. The van der Waals surface area contributed by atoms with Gasteiger partial charge in [0, 0.05) is 0 Å². The molecule has 0 aromatic rings. The highest BCUT2D eigenvalue weighted by molar-refractivity contribution is 7.61. The minimum absolute atomic E-state index is 0.0224. The normalized spacial score (nSPS) is 14.1. The lowest BCUT2D eigenvalue weighted by Gasteiger charge is -2.34. The Morgan fingerprint density at radius 2 is 0.897 bits per heavy atom. The second-order valence-corrected chi connectivity index (χ2v) is 13.0. The molecule has 0 aliphatic rings. The van der Waals surface area contributed by atoms with Crippen LogP contribution in [0.1, 0.15) is 137 Å². The summed E-state index contributed by atoms with van der Waals surface area (Å²) in [6.07, 6.45) is 17.3. The Labute approximate surface area is 238 Å². The highest BCUT2D eigenvalue weighted by Crippen LogP contribution is 2.61. The van der Waals surface area contributed by atoms with Crippen molar-refractivity contribution in [2.24, 2.45) is 0 Å². The third kappa shape index (κ3) is 23.4. The first kappa shape index (κ1) is 39.1. The maximum atomic E-state index is 13.2. The smallest absolute Gasteiger partial charge is 0.326 e. The summed E-state index contributed by atoms with van der Waals surface area (Å²) in [5.74, 6) is -1.69. The Kier molecular flexibility index (Phi) is 24.8. The molecule has 0 heterocycles. The molecule has 0 spiro atoms. The van der Waals surface area contributed by atoms with Crippen molar-refractivity contribution in [3.05, 3.63) is 0 Å². The van der Waals surface area contributed by atoms with Crippen LogP contribution in [0.4, 0.5) is 0 Å². The minimum atomic E-state index is -5.17. The molecule has 0 aliphatic carbocycles. The molecule has 0 radical (unpaired) electrons. The topological polar surface area (TPSA) is 130 Å². The van der Waals surface area contributed by atoms with Crippen molar-refractivity contribution in [1.82, 2.24) is 0 Å². The van der Waals surface area contributed by atoms with Gasteiger partial charge in [0.05, 0.1) is 26.4 Å². The van der Waals surface area contributed by atoms with Gasteiger partial charge in [-0.05, 0) is 25.7 Å². The first-order valence-corrected chi connectivity index (χ1v) is 18.2. The average Bonchev–Trinajstić information content (AvgIpc) is 2.87. The summed E-state index contributed by atoms with van der Waals surface area (Å²) >= 11 is 0. The van der Waals surface area contributed by atoms with Crippen molar-refractivity contribution in [1.29, 1.82) is 0 Å². The fourth-order valence-corrected chi connectivity index (χ4v) is 5.84. The minimum Gasteiger partial charge on any atom is -0.326 e. The Morgan fingerprint density at radius 1 is 0.513 bits per heavy atom. The van der Waals surface area contributed by atoms with Crippen LogP contribution >= 0.6 is 15.6 Å². The van der Waals surface area contributed by atoms with Crippen LogP contribution in [0.5, 0.6) is 0 Å². The number of phosphoric acid groups is 2. The van der Waals surface area contributed by atoms with Crippen molar-refractivity contribution >= 4 is 15.6 Å². The van der Waals surface area contributed by atoms with Gasteiger partial charge in [-0.15, -0.1) is 0 Å². The van der Waals surface area contributed by atoms with Gasteiger partial charge >= 0.3 is 21.6 Å². The fourth-order valence-electron chi connectivity index (χ4n) is 3.68. The molecule has 236 valence electrons. The van der Waals surface area contributed by atoms with Crippen LogP contribution in [0.2, 0.25) is 0 Å². The van der Waals surface area contributed by atoms with Gasteiger partial charge < -0.3 is 24.0 Å². The first-order valence-electron chi connectivity index (χ1n) is 15.2. The van der Waals surface area contributed by atoms with Crippen molar-refractivity contribution in [3.63, 3.8) is 0 Å². The molecule has 0 bridgehead atoms. The van der Waals surface area contributed by atoms with E-state index in [1.54, 1.807) is 0 Å². The number of rotatable bonds is 30. The second-order valence-electron chi connectivity index (χ2n) is 9.95. The number of hydrogen-bond acceptors (Lipinski definition) is 8. The molecule has 0 aromatic carbocycles. The summed E-state index contributed by atoms with van der Waals surface area (Å²) in [4.78, 5) is 18.7. The van der Waals surface area contributed by atoms with Crippen LogP contribution < -0.4 is 0 Å². The molecule has 0 aliphatic heterocycles. The largest absolute Gasteiger partial charge is 0.484 e. The highest BCUT2D eigenvalue weighted by Gasteiger charge is 2.42. The third-order valence-corrected chi connectivity index (χ3v) is 8.66. The average molecular weight is 605 g/mol. The van der Waals surface area contributed by atoms with Crippen molar-refractivity contribution in [2.75, 3.05) is 33.0 Å². The molecule has 39 heavy (non-hydrogen) atoms. The second kappa shape index (κ2) is 24.7. The van der Waals surface area contributed by atoms with Crippen LogP contribution in [0.15, 0.2) is 0 Å². The Hall–Kier alpha value is 0.140. The summed E-state index contributed by atoms with van der Waals surface area (Å²) in [6.45, 7) is 8.64. The monoisotopic (exact) mass is 604 g/mol. The predicted molar refractivity (Wildman–Crippen MR) is 154 cm³/mol. The maximum absolute atomic E-state index is 13.2. The summed E-state index contributed by atoms with van der Waals surface area (Å²) < 4.78 is 57.7. The molecule has 10 nitrogen and oxygen atoms in total. The van der Waals surface area contributed by atoms with Crippen LogP contribution in [-0.4, -0.2) is 48.8 Å². The van der Waals surface area contributed by atoms with E-state index in [4.69, 9.17) is 23.3 Å². The third-order valence-electron chi connectivity index (χ3n) is 6.06. The summed E-state index contributed by atoms with van der Waals surface area (Å²) in [6, 6.07) is 0. The fraction of sp³-hybridized carbons (Fsp3) is 1.00. The summed E-state index contributed by atoms with van der Waals surface area (Å²) in [5, 5.41) is 0. The lowest BCUT2D eigenvalue weighted by Crippen LogP contribution is -2.44. The van der Waals surface area contributed by atoms with E-state index in [0.717, 1.165) is 57.8 Å². The van der Waals surface area contributed by atoms with Gasteiger partial charge in [0.1, 0.15) is 6.61 Å². The standard InChI is InChI=1S/C27H58O10P2/c1-5-9-13-14-15-16-17-18-19-20-21-25-35-39(31,37-38(28,29)30)36-26-27(32-22-10-6-2,33-23-11-7-3)34-24-12-8-4/h5-26H2,1-4H3,(H2,28,29,30). The van der Waals surface area contributed by atoms with Gasteiger partial charge in [0.2, 0.25) is 0 Å². The number of hydrogen-bond donors (Lipinski definition) is 2. The van der Waals surface area contributed by atoms with E-state index in [0.29, 0.717) is 26.2 Å². The van der Waals surface area contributed by atoms with Gasteiger partial charge in [0.25, 0.3) is 0 Å². The van der Waals surface area contributed by atoms with Gasteiger partial charge in [-0.3, -0.25) is 9.05 Å². The first-order chi connectivity index (χ1) is 18.7. The number of phosphoric ester groups is 1. The molecule has 12 heteroatoms. The van der Waals surface area contributed by atoms with Crippen LogP contribution in [0.3, 0.4) is 0 Å². The molecule has 0 rings (SSSR count). The lowest BCUT2D eigenvalue weighted by atomic mass is 10.1.